The van der Waals surface area contributed by atoms with Crippen molar-refractivity contribution in [2.45, 2.75) is 52.4 Å². The lowest BCUT2D eigenvalue weighted by atomic mass is 9.88. The van der Waals surface area contributed by atoms with Crippen LogP contribution in [-0.2, 0) is 10.8 Å². The SMILES string of the molecule is [2H]c1c(C(C)(C)C)[o+]c(C(C)(C)C)c([2H])c1-c1cc[n+](OC)cc1. The van der Waals surface area contributed by atoms with Crippen LogP contribution in [0.25, 0.3) is 11.1 Å². The summed E-state index contributed by atoms with van der Waals surface area (Å²) in [6.07, 6.45) is 3.54. The highest BCUT2D eigenvalue weighted by atomic mass is 16.6. The van der Waals surface area contributed by atoms with Crippen molar-refractivity contribution in [1.29, 1.82) is 0 Å². The molecule has 2 rings (SSSR count). The molecule has 2 aromatic rings. The van der Waals surface area contributed by atoms with Crippen LogP contribution in [-0.4, -0.2) is 7.11 Å². The lowest BCUT2D eigenvalue weighted by Gasteiger charge is -2.15. The Hall–Kier alpha value is -1.90. The van der Waals surface area contributed by atoms with Crippen LogP contribution in [0.15, 0.2) is 41.0 Å². The van der Waals surface area contributed by atoms with Crippen LogP contribution < -0.4 is 9.57 Å². The van der Waals surface area contributed by atoms with Crippen molar-refractivity contribution in [2.75, 3.05) is 7.11 Å². The third-order valence-electron chi connectivity index (χ3n) is 3.35. The molecule has 0 aliphatic rings. The quantitative estimate of drug-likeness (QED) is 0.614. The number of aromatic nitrogens is 1. The summed E-state index contributed by atoms with van der Waals surface area (Å²) in [7, 11) is 1.59. The fraction of sp³-hybridized carbons (Fsp3) is 0.474. The van der Waals surface area contributed by atoms with Gasteiger partial charge in [-0.2, -0.15) is 0 Å². The van der Waals surface area contributed by atoms with Gasteiger partial charge in [-0.25, -0.2) is 4.42 Å². The smallest absolute Gasteiger partial charge is 0.275 e. The largest absolute Gasteiger partial charge is 0.335 e. The molecule has 0 bridgehead atoms. The minimum Gasteiger partial charge on any atom is -0.275 e. The van der Waals surface area contributed by atoms with Gasteiger partial charge in [0, 0.05) is 34.5 Å². The van der Waals surface area contributed by atoms with Crippen LogP contribution in [0.3, 0.4) is 0 Å². The molecular formula is C19H27NO2+2. The standard InChI is InChI=1S/C19H27NO2/c1-18(2,3)16-12-15(13-17(22-16)19(4,5)6)14-8-10-20(21-7)11-9-14/h8-13H,1-7H3/q+2/i12D,13D. The normalized spacial score (nSPS) is 13.6. The van der Waals surface area contributed by atoms with Crippen LogP contribution in [0.4, 0.5) is 0 Å². The van der Waals surface area contributed by atoms with Crippen LogP contribution in [0.2, 0.25) is 0 Å². The Morgan fingerprint density at radius 3 is 1.73 bits per heavy atom. The Balaban J connectivity index is 2.82. The molecule has 118 valence electrons. The number of hydrogen-bond acceptors (Lipinski definition) is 1. The fourth-order valence-electron chi connectivity index (χ4n) is 1.94. The van der Waals surface area contributed by atoms with E-state index >= 15 is 0 Å². The maximum absolute atomic E-state index is 8.63. The second-order valence-electron chi connectivity index (χ2n) is 7.51. The van der Waals surface area contributed by atoms with Gasteiger partial charge >= 0.3 is 11.5 Å². The molecule has 0 unspecified atom stereocenters. The van der Waals surface area contributed by atoms with E-state index < -0.39 is 0 Å². The molecule has 0 spiro atoms. The monoisotopic (exact) mass is 303 g/mol. The van der Waals surface area contributed by atoms with Gasteiger partial charge in [-0.15, -0.1) is 0 Å². The molecule has 22 heavy (non-hydrogen) atoms. The summed E-state index contributed by atoms with van der Waals surface area (Å²) >= 11 is 0. The van der Waals surface area contributed by atoms with Gasteiger partial charge in [0.25, 0.3) is 0 Å². The van der Waals surface area contributed by atoms with Gasteiger partial charge in [0.05, 0.1) is 13.6 Å². The minimum atomic E-state index is -0.319. The molecule has 0 saturated carbocycles. The first-order chi connectivity index (χ1) is 11.0. The zero-order chi connectivity index (χ0) is 18.3. The molecule has 2 heterocycles. The molecule has 0 radical (unpaired) electrons. The van der Waals surface area contributed by atoms with Crippen molar-refractivity contribution in [3.8, 4) is 11.1 Å². The zero-order valence-electron chi connectivity index (χ0n) is 16.6. The fourth-order valence-corrected chi connectivity index (χ4v) is 1.94. The Morgan fingerprint density at radius 1 is 0.909 bits per heavy atom. The number of rotatable bonds is 2. The van der Waals surface area contributed by atoms with Crippen molar-refractivity contribution in [3.63, 3.8) is 0 Å². The second-order valence-corrected chi connectivity index (χ2v) is 7.51. The molecule has 0 aromatic carbocycles. The van der Waals surface area contributed by atoms with Crippen molar-refractivity contribution in [2.24, 2.45) is 0 Å². The Labute approximate surface area is 136 Å². The summed E-state index contributed by atoms with van der Waals surface area (Å²) in [6, 6.07) is 4.26. The molecule has 0 N–H and O–H groups in total. The van der Waals surface area contributed by atoms with E-state index in [2.05, 4.69) is 0 Å². The maximum Gasteiger partial charge on any atom is 0.335 e. The van der Waals surface area contributed by atoms with E-state index in [0.29, 0.717) is 17.1 Å². The summed E-state index contributed by atoms with van der Waals surface area (Å²) in [5.74, 6) is 1.20. The molecule has 0 saturated heterocycles. The van der Waals surface area contributed by atoms with Crippen LogP contribution in [0, 0.1) is 0 Å². The predicted octanol–water partition coefficient (Wildman–Crippen LogP) is 4.17. The highest BCUT2D eigenvalue weighted by Crippen LogP contribution is 2.33. The summed E-state index contributed by atoms with van der Waals surface area (Å²) in [5.41, 5.74) is 0.770. The molecule has 3 heteroatoms. The van der Waals surface area contributed by atoms with Gasteiger partial charge in [0.1, 0.15) is 7.11 Å². The molecule has 0 aliphatic heterocycles. The van der Waals surface area contributed by atoms with E-state index in [1.807, 2.05) is 53.7 Å². The van der Waals surface area contributed by atoms with Gasteiger partial charge in [-0.05, 0) is 47.1 Å². The molecule has 0 amide bonds. The third kappa shape index (κ3) is 3.65. The van der Waals surface area contributed by atoms with Gasteiger partial charge in [-0.1, -0.05) is 0 Å². The number of pyridine rings is 1. The second kappa shape index (κ2) is 5.71. The molecular weight excluding hydrogens is 274 g/mol. The van der Waals surface area contributed by atoms with Crippen molar-refractivity contribution < 1.29 is 16.7 Å². The van der Waals surface area contributed by atoms with E-state index in [1.165, 1.54) is 0 Å². The Morgan fingerprint density at radius 2 is 1.36 bits per heavy atom. The van der Waals surface area contributed by atoms with Gasteiger partial charge in [-0.3, -0.25) is 4.84 Å². The predicted molar refractivity (Wildman–Crippen MR) is 88.7 cm³/mol. The van der Waals surface area contributed by atoms with Crippen molar-refractivity contribution in [3.05, 3.63) is 48.1 Å². The average Bonchev–Trinajstić information content (AvgIpc) is 2.45. The van der Waals surface area contributed by atoms with Crippen LogP contribution in [0.1, 0.15) is 55.8 Å². The first kappa shape index (κ1) is 13.7. The van der Waals surface area contributed by atoms with Gasteiger partial charge in [0.15, 0.2) is 0 Å². The highest BCUT2D eigenvalue weighted by molar-refractivity contribution is 5.63. The number of nitrogens with zero attached hydrogens (tertiary/aromatic N) is 1. The maximum atomic E-state index is 8.63. The lowest BCUT2D eigenvalue weighted by molar-refractivity contribution is -0.885. The van der Waals surface area contributed by atoms with E-state index in [1.54, 1.807) is 24.2 Å². The number of hydrogen-bond donors (Lipinski definition) is 0. The molecule has 0 atom stereocenters. The van der Waals surface area contributed by atoms with Gasteiger partial charge < -0.3 is 0 Å². The first-order valence-electron chi connectivity index (χ1n) is 8.51. The van der Waals surface area contributed by atoms with Crippen molar-refractivity contribution in [1.82, 2.24) is 0 Å². The van der Waals surface area contributed by atoms with E-state index in [0.717, 1.165) is 5.56 Å². The summed E-state index contributed by atoms with van der Waals surface area (Å²) in [5, 5.41) is 0. The lowest BCUT2D eigenvalue weighted by Crippen LogP contribution is -2.39. The Kier molecular flexibility index (Phi) is 3.57. The summed E-state index contributed by atoms with van der Waals surface area (Å²) < 4.78 is 24.9. The highest BCUT2D eigenvalue weighted by Gasteiger charge is 2.34. The van der Waals surface area contributed by atoms with E-state index in [-0.39, 0.29) is 22.9 Å². The van der Waals surface area contributed by atoms with E-state index in [9.17, 15) is 0 Å². The van der Waals surface area contributed by atoms with Gasteiger partial charge in [0.2, 0.25) is 12.4 Å². The zero-order valence-corrected chi connectivity index (χ0v) is 14.6. The topological polar surface area (TPSA) is 24.4 Å². The molecule has 3 nitrogen and oxygen atoms in total. The minimum absolute atomic E-state index is 0.274. The summed E-state index contributed by atoms with van der Waals surface area (Å²) in [6.45, 7) is 12.1. The summed E-state index contributed by atoms with van der Waals surface area (Å²) in [4.78, 5) is 5.13. The third-order valence-corrected chi connectivity index (χ3v) is 3.35. The Bertz CT molecular complexity index is 704. The van der Waals surface area contributed by atoms with E-state index in [4.69, 9.17) is 12.0 Å². The molecule has 2 aromatic heterocycles. The molecule has 0 fully saturated rings. The molecule has 0 aliphatic carbocycles. The van der Waals surface area contributed by atoms with Crippen LogP contribution in [0.5, 0.6) is 0 Å². The van der Waals surface area contributed by atoms with Crippen molar-refractivity contribution >= 4 is 0 Å². The average molecular weight is 303 g/mol. The van der Waals surface area contributed by atoms with Crippen LogP contribution >= 0.6 is 0 Å². The first-order valence-corrected chi connectivity index (χ1v) is 7.51.